The van der Waals surface area contributed by atoms with Gasteiger partial charge in [-0.2, -0.15) is 0 Å². The number of benzene rings is 2. The minimum atomic E-state index is -3.65. The van der Waals surface area contributed by atoms with Crippen molar-refractivity contribution in [1.29, 1.82) is 0 Å². The SMILES string of the molecule is COc1ccccc1CCNC(=O)c1ccc(N2C(=O)[C@H](C)CS2(=O)=O)cc1. The van der Waals surface area contributed by atoms with Crippen molar-refractivity contribution < 1.29 is 22.7 Å². The zero-order valence-corrected chi connectivity index (χ0v) is 16.5. The molecule has 7 nitrogen and oxygen atoms in total. The Labute approximate surface area is 164 Å². The number of anilines is 1. The van der Waals surface area contributed by atoms with Crippen LogP contribution < -0.4 is 14.4 Å². The van der Waals surface area contributed by atoms with Crippen molar-refractivity contribution in [2.45, 2.75) is 13.3 Å². The molecule has 1 atom stereocenters. The molecular weight excluding hydrogens is 380 g/mol. The van der Waals surface area contributed by atoms with Gasteiger partial charge in [0.1, 0.15) is 5.75 Å². The van der Waals surface area contributed by atoms with Crippen molar-refractivity contribution in [2.24, 2.45) is 5.92 Å². The van der Waals surface area contributed by atoms with Crippen molar-refractivity contribution in [3.63, 3.8) is 0 Å². The van der Waals surface area contributed by atoms with Crippen LogP contribution in [0.15, 0.2) is 48.5 Å². The molecule has 2 aromatic rings. The lowest BCUT2D eigenvalue weighted by molar-refractivity contribution is -0.119. The zero-order valence-electron chi connectivity index (χ0n) is 15.7. The zero-order chi connectivity index (χ0) is 20.3. The van der Waals surface area contributed by atoms with Gasteiger partial charge < -0.3 is 10.1 Å². The second-order valence-electron chi connectivity index (χ2n) is 6.65. The maximum atomic E-state index is 12.3. The van der Waals surface area contributed by atoms with Crippen LogP contribution in [0.25, 0.3) is 0 Å². The molecule has 1 fully saturated rings. The number of hydrogen-bond donors (Lipinski definition) is 1. The molecule has 1 aliphatic rings. The molecule has 0 unspecified atom stereocenters. The van der Waals surface area contributed by atoms with Crippen molar-refractivity contribution in [3.05, 3.63) is 59.7 Å². The van der Waals surface area contributed by atoms with Crippen molar-refractivity contribution in [3.8, 4) is 5.75 Å². The summed E-state index contributed by atoms with van der Waals surface area (Å²) in [7, 11) is -2.05. The maximum Gasteiger partial charge on any atom is 0.251 e. The quantitative estimate of drug-likeness (QED) is 0.798. The highest BCUT2D eigenvalue weighted by Crippen LogP contribution is 2.28. The van der Waals surface area contributed by atoms with Gasteiger partial charge in [0.05, 0.1) is 24.5 Å². The van der Waals surface area contributed by atoms with Crippen LogP contribution in [0.5, 0.6) is 5.75 Å². The molecule has 3 rings (SSSR count). The molecule has 1 saturated heterocycles. The lowest BCUT2D eigenvalue weighted by Gasteiger charge is -2.15. The fourth-order valence-corrected chi connectivity index (χ4v) is 4.98. The van der Waals surface area contributed by atoms with E-state index in [1.54, 1.807) is 14.0 Å². The van der Waals surface area contributed by atoms with E-state index in [4.69, 9.17) is 4.74 Å². The fourth-order valence-electron chi connectivity index (χ4n) is 3.16. The highest BCUT2D eigenvalue weighted by Gasteiger charge is 2.41. The summed E-state index contributed by atoms with van der Waals surface area (Å²) in [6.45, 7) is 2.01. The third-order valence-electron chi connectivity index (χ3n) is 4.60. The maximum absolute atomic E-state index is 12.3. The monoisotopic (exact) mass is 402 g/mol. The first-order valence-electron chi connectivity index (χ1n) is 8.90. The average Bonchev–Trinajstić information content (AvgIpc) is 2.89. The Morgan fingerprint density at radius 1 is 1.18 bits per heavy atom. The molecule has 0 aliphatic carbocycles. The third kappa shape index (κ3) is 4.01. The molecule has 1 aliphatic heterocycles. The lowest BCUT2D eigenvalue weighted by atomic mass is 10.1. The van der Waals surface area contributed by atoms with E-state index in [0.29, 0.717) is 18.5 Å². The lowest BCUT2D eigenvalue weighted by Crippen LogP contribution is -2.30. The number of hydrogen-bond acceptors (Lipinski definition) is 5. The first kappa shape index (κ1) is 19.9. The molecule has 0 aromatic heterocycles. The van der Waals surface area contributed by atoms with Gasteiger partial charge in [-0.15, -0.1) is 0 Å². The van der Waals surface area contributed by atoms with Crippen LogP contribution in [0.4, 0.5) is 5.69 Å². The summed E-state index contributed by atoms with van der Waals surface area (Å²) in [5, 5.41) is 2.83. The number of amides is 2. The van der Waals surface area contributed by atoms with Gasteiger partial charge in [0.15, 0.2) is 0 Å². The minimum absolute atomic E-state index is 0.197. The van der Waals surface area contributed by atoms with Crippen LogP contribution in [-0.2, 0) is 21.2 Å². The molecule has 0 bridgehead atoms. The summed E-state index contributed by atoms with van der Waals surface area (Å²) in [6, 6.07) is 13.6. The standard InChI is InChI=1S/C20H22N2O5S/c1-14-13-28(25,26)22(20(14)24)17-9-7-16(8-10-17)19(23)21-12-11-15-5-3-4-6-18(15)27-2/h3-10,14H,11-13H2,1-2H3,(H,21,23)/t14-/m1/s1. The molecule has 148 valence electrons. The average molecular weight is 402 g/mol. The van der Waals surface area contributed by atoms with E-state index in [1.165, 1.54) is 24.3 Å². The van der Waals surface area contributed by atoms with Gasteiger partial charge in [-0.3, -0.25) is 9.59 Å². The van der Waals surface area contributed by atoms with Gasteiger partial charge in [0.25, 0.3) is 5.91 Å². The van der Waals surface area contributed by atoms with Gasteiger partial charge >= 0.3 is 0 Å². The van der Waals surface area contributed by atoms with Crippen LogP contribution in [0, 0.1) is 5.92 Å². The molecular formula is C20H22N2O5S. The van der Waals surface area contributed by atoms with Gasteiger partial charge in [-0.1, -0.05) is 25.1 Å². The number of carbonyl (C=O) groups excluding carboxylic acids is 2. The topological polar surface area (TPSA) is 92.8 Å². The number of carbonyl (C=O) groups is 2. The number of para-hydroxylation sites is 1. The van der Waals surface area contributed by atoms with E-state index in [9.17, 15) is 18.0 Å². The molecule has 2 amide bonds. The van der Waals surface area contributed by atoms with Crippen LogP contribution in [0.1, 0.15) is 22.8 Å². The van der Waals surface area contributed by atoms with Crippen LogP contribution in [-0.4, -0.2) is 39.6 Å². The van der Waals surface area contributed by atoms with Crippen molar-refractivity contribution in [1.82, 2.24) is 5.32 Å². The van der Waals surface area contributed by atoms with Crippen LogP contribution in [0.2, 0.25) is 0 Å². The highest BCUT2D eigenvalue weighted by molar-refractivity contribution is 7.94. The predicted octanol–water partition coefficient (Wildman–Crippen LogP) is 1.98. The predicted molar refractivity (Wildman–Crippen MR) is 106 cm³/mol. The molecule has 0 spiro atoms. The van der Waals surface area contributed by atoms with E-state index >= 15 is 0 Å². The Morgan fingerprint density at radius 3 is 2.46 bits per heavy atom. The molecule has 0 radical (unpaired) electrons. The van der Waals surface area contributed by atoms with Crippen molar-refractivity contribution in [2.75, 3.05) is 23.7 Å². The number of ether oxygens (including phenoxy) is 1. The Kier molecular flexibility index (Phi) is 5.69. The van der Waals surface area contributed by atoms with Gasteiger partial charge in [-0.05, 0) is 42.3 Å². The van der Waals surface area contributed by atoms with Gasteiger partial charge in [0, 0.05) is 12.1 Å². The Morgan fingerprint density at radius 2 is 1.86 bits per heavy atom. The van der Waals surface area contributed by atoms with E-state index < -0.39 is 21.8 Å². The highest BCUT2D eigenvalue weighted by atomic mass is 32.2. The fraction of sp³-hybridized carbons (Fsp3) is 0.300. The van der Waals surface area contributed by atoms with E-state index in [1.807, 2.05) is 24.3 Å². The second-order valence-corrected chi connectivity index (χ2v) is 8.51. The first-order chi connectivity index (χ1) is 13.3. The molecule has 8 heteroatoms. The normalized spacial score (nSPS) is 18.1. The summed E-state index contributed by atoms with van der Waals surface area (Å²) >= 11 is 0. The molecule has 28 heavy (non-hydrogen) atoms. The third-order valence-corrected chi connectivity index (χ3v) is 6.47. The number of sulfonamides is 1. The van der Waals surface area contributed by atoms with Crippen molar-refractivity contribution >= 4 is 27.5 Å². The number of rotatable bonds is 6. The largest absolute Gasteiger partial charge is 0.496 e. The van der Waals surface area contributed by atoms with Crippen LogP contribution >= 0.6 is 0 Å². The summed E-state index contributed by atoms with van der Waals surface area (Å²) in [5.74, 6) is -0.717. The molecule has 1 heterocycles. The minimum Gasteiger partial charge on any atom is -0.496 e. The number of methoxy groups -OCH3 is 1. The van der Waals surface area contributed by atoms with Gasteiger partial charge in [-0.25, -0.2) is 12.7 Å². The van der Waals surface area contributed by atoms with E-state index in [2.05, 4.69) is 5.32 Å². The van der Waals surface area contributed by atoms with E-state index in [-0.39, 0.29) is 17.3 Å². The number of nitrogens with zero attached hydrogens (tertiary/aromatic N) is 1. The Hall–Kier alpha value is -2.87. The Bertz CT molecular complexity index is 986. The summed E-state index contributed by atoms with van der Waals surface area (Å²) < 4.78 is 30.4. The Balaban J connectivity index is 1.63. The molecule has 2 aromatic carbocycles. The summed E-state index contributed by atoms with van der Waals surface area (Å²) in [4.78, 5) is 24.5. The van der Waals surface area contributed by atoms with E-state index in [0.717, 1.165) is 15.6 Å². The van der Waals surface area contributed by atoms with Crippen LogP contribution in [0.3, 0.4) is 0 Å². The number of nitrogens with one attached hydrogen (secondary N) is 1. The van der Waals surface area contributed by atoms with Gasteiger partial charge in [0.2, 0.25) is 15.9 Å². The molecule has 1 N–H and O–H groups in total. The summed E-state index contributed by atoms with van der Waals surface area (Å²) in [5.41, 5.74) is 1.63. The first-order valence-corrected chi connectivity index (χ1v) is 10.5. The smallest absolute Gasteiger partial charge is 0.251 e. The molecule has 0 saturated carbocycles. The summed E-state index contributed by atoms with van der Waals surface area (Å²) in [6.07, 6.45) is 0.617. The second kappa shape index (κ2) is 8.02.